The molecule has 4 aromatic rings. The molecule has 6 heteroatoms. The van der Waals surface area contributed by atoms with Gasteiger partial charge in [-0.05, 0) is 18.2 Å². The second kappa shape index (κ2) is 7.14. The number of hydrogen-bond acceptors (Lipinski definition) is 4. The number of pyridine rings is 1. The van der Waals surface area contributed by atoms with Crippen molar-refractivity contribution in [3.63, 3.8) is 0 Å². The fraction of sp³-hybridized carbons (Fsp3) is 0.100. The first-order valence-corrected chi connectivity index (χ1v) is 8.38. The molecule has 0 radical (unpaired) electrons. The maximum Gasteiger partial charge on any atom is 0.252 e. The van der Waals surface area contributed by atoms with Crippen LogP contribution < -0.4 is 5.32 Å². The summed E-state index contributed by atoms with van der Waals surface area (Å²) in [6.07, 6.45) is 7.60. The van der Waals surface area contributed by atoms with Crippen LogP contribution in [0.2, 0.25) is 0 Å². The Morgan fingerprint density at radius 3 is 2.77 bits per heavy atom. The minimum absolute atomic E-state index is 0.125. The van der Waals surface area contributed by atoms with E-state index in [1.54, 1.807) is 24.7 Å². The summed E-state index contributed by atoms with van der Waals surface area (Å²) in [7, 11) is 0. The molecule has 4 rings (SSSR count). The maximum absolute atomic E-state index is 12.3. The van der Waals surface area contributed by atoms with Crippen LogP contribution in [0, 0.1) is 0 Å². The van der Waals surface area contributed by atoms with Crippen molar-refractivity contribution in [3.05, 3.63) is 84.7 Å². The van der Waals surface area contributed by atoms with Gasteiger partial charge in [0.15, 0.2) is 0 Å². The summed E-state index contributed by atoms with van der Waals surface area (Å²) in [5.74, 6) is 0.580. The van der Waals surface area contributed by atoms with E-state index >= 15 is 0 Å². The summed E-state index contributed by atoms with van der Waals surface area (Å²) in [5, 5.41) is 2.91. The molecule has 0 aliphatic heterocycles. The molecule has 0 spiro atoms. The van der Waals surface area contributed by atoms with Gasteiger partial charge < -0.3 is 9.72 Å². The third kappa shape index (κ3) is 3.44. The van der Waals surface area contributed by atoms with Gasteiger partial charge in [-0.3, -0.25) is 4.79 Å². The highest BCUT2D eigenvalue weighted by molar-refractivity contribution is 5.94. The SMILES string of the molecule is O=C(NCCc1nccc(-c2ccccc2)n1)c1ccc2nccn2c1. The lowest BCUT2D eigenvalue weighted by Crippen LogP contribution is -2.26. The van der Waals surface area contributed by atoms with Crippen molar-refractivity contribution < 1.29 is 4.79 Å². The lowest BCUT2D eigenvalue weighted by Gasteiger charge is -2.06. The van der Waals surface area contributed by atoms with E-state index in [4.69, 9.17) is 0 Å². The maximum atomic E-state index is 12.3. The van der Waals surface area contributed by atoms with E-state index in [1.165, 1.54) is 0 Å². The highest BCUT2D eigenvalue weighted by Gasteiger charge is 2.07. The topological polar surface area (TPSA) is 72.2 Å². The number of nitrogens with one attached hydrogen (secondary N) is 1. The molecule has 1 aromatic carbocycles. The summed E-state index contributed by atoms with van der Waals surface area (Å²) < 4.78 is 1.82. The average molecular weight is 343 g/mol. The van der Waals surface area contributed by atoms with Gasteiger partial charge in [0.05, 0.1) is 11.3 Å². The second-order valence-electron chi connectivity index (χ2n) is 5.84. The number of rotatable bonds is 5. The van der Waals surface area contributed by atoms with E-state index in [0.717, 1.165) is 16.9 Å². The number of amides is 1. The monoisotopic (exact) mass is 343 g/mol. The Morgan fingerprint density at radius 2 is 1.88 bits per heavy atom. The summed E-state index contributed by atoms with van der Waals surface area (Å²) in [4.78, 5) is 25.3. The number of nitrogens with zero attached hydrogens (tertiary/aromatic N) is 4. The summed E-state index contributed by atoms with van der Waals surface area (Å²) >= 11 is 0. The summed E-state index contributed by atoms with van der Waals surface area (Å²) in [5.41, 5.74) is 3.34. The van der Waals surface area contributed by atoms with Crippen LogP contribution >= 0.6 is 0 Å². The number of aromatic nitrogens is 4. The van der Waals surface area contributed by atoms with E-state index in [-0.39, 0.29) is 5.91 Å². The standard InChI is InChI=1S/C20H17N5O/c26-20(16-6-7-19-22-12-13-25(19)14-16)23-11-9-18-21-10-8-17(24-18)15-4-2-1-3-5-15/h1-8,10,12-14H,9,11H2,(H,23,26). The lowest BCUT2D eigenvalue weighted by atomic mass is 10.1. The number of imidazole rings is 1. The molecule has 26 heavy (non-hydrogen) atoms. The van der Waals surface area contributed by atoms with Crippen molar-refractivity contribution in [1.29, 1.82) is 0 Å². The zero-order valence-corrected chi connectivity index (χ0v) is 14.0. The van der Waals surface area contributed by atoms with Crippen LogP contribution in [0.5, 0.6) is 0 Å². The van der Waals surface area contributed by atoms with Crippen molar-refractivity contribution in [2.45, 2.75) is 6.42 Å². The smallest absolute Gasteiger partial charge is 0.252 e. The second-order valence-corrected chi connectivity index (χ2v) is 5.84. The van der Waals surface area contributed by atoms with Crippen LogP contribution in [0.25, 0.3) is 16.9 Å². The molecule has 0 aliphatic carbocycles. The number of carbonyl (C=O) groups is 1. The molecule has 1 N–H and O–H groups in total. The minimum atomic E-state index is -0.125. The molecule has 0 bridgehead atoms. The number of benzene rings is 1. The normalized spacial score (nSPS) is 10.8. The van der Waals surface area contributed by atoms with Crippen molar-refractivity contribution in [2.75, 3.05) is 6.54 Å². The van der Waals surface area contributed by atoms with Crippen LogP contribution in [0.4, 0.5) is 0 Å². The fourth-order valence-corrected chi connectivity index (χ4v) is 2.73. The van der Waals surface area contributed by atoms with Crippen LogP contribution in [0.15, 0.2) is 73.3 Å². The third-order valence-electron chi connectivity index (χ3n) is 4.06. The van der Waals surface area contributed by atoms with Crippen LogP contribution in [-0.4, -0.2) is 31.8 Å². The zero-order chi connectivity index (χ0) is 17.8. The Kier molecular flexibility index (Phi) is 4.38. The molecular weight excluding hydrogens is 326 g/mol. The van der Waals surface area contributed by atoms with Gasteiger partial charge in [-0.15, -0.1) is 0 Å². The first-order valence-electron chi connectivity index (χ1n) is 8.38. The first kappa shape index (κ1) is 16.0. The molecule has 1 amide bonds. The van der Waals surface area contributed by atoms with Crippen molar-refractivity contribution in [1.82, 2.24) is 24.7 Å². The van der Waals surface area contributed by atoms with Crippen molar-refractivity contribution in [3.8, 4) is 11.3 Å². The Hall–Kier alpha value is -3.54. The predicted molar refractivity (Wildman–Crippen MR) is 98.7 cm³/mol. The minimum Gasteiger partial charge on any atom is -0.352 e. The van der Waals surface area contributed by atoms with Crippen LogP contribution in [0.3, 0.4) is 0 Å². The number of fused-ring (bicyclic) bond motifs is 1. The molecule has 3 aromatic heterocycles. The molecule has 0 fully saturated rings. The van der Waals surface area contributed by atoms with Crippen LogP contribution in [0.1, 0.15) is 16.2 Å². The first-order chi connectivity index (χ1) is 12.8. The quantitative estimate of drug-likeness (QED) is 0.605. The van der Waals surface area contributed by atoms with Gasteiger partial charge in [0.1, 0.15) is 11.5 Å². The van der Waals surface area contributed by atoms with Gasteiger partial charge >= 0.3 is 0 Å². The van der Waals surface area contributed by atoms with E-state index in [1.807, 2.05) is 53.1 Å². The van der Waals surface area contributed by atoms with E-state index in [0.29, 0.717) is 24.4 Å². The highest BCUT2D eigenvalue weighted by Crippen LogP contribution is 2.15. The molecular formula is C20H17N5O. The Labute approximate surface area is 150 Å². The van der Waals surface area contributed by atoms with Gasteiger partial charge in [-0.2, -0.15) is 0 Å². The van der Waals surface area contributed by atoms with Gasteiger partial charge in [-0.1, -0.05) is 30.3 Å². The third-order valence-corrected chi connectivity index (χ3v) is 4.06. The number of carbonyl (C=O) groups excluding carboxylic acids is 1. The van der Waals surface area contributed by atoms with E-state index in [9.17, 15) is 4.79 Å². The largest absolute Gasteiger partial charge is 0.352 e. The Morgan fingerprint density at radius 1 is 1.00 bits per heavy atom. The van der Waals surface area contributed by atoms with Crippen LogP contribution in [-0.2, 0) is 6.42 Å². The zero-order valence-electron chi connectivity index (χ0n) is 14.0. The average Bonchev–Trinajstić information content (AvgIpc) is 3.17. The molecule has 0 aliphatic rings. The van der Waals surface area contributed by atoms with E-state index < -0.39 is 0 Å². The summed E-state index contributed by atoms with van der Waals surface area (Å²) in [6, 6.07) is 15.4. The molecule has 6 nitrogen and oxygen atoms in total. The highest BCUT2D eigenvalue weighted by atomic mass is 16.1. The molecule has 3 heterocycles. The molecule has 0 saturated heterocycles. The van der Waals surface area contributed by atoms with Gasteiger partial charge in [-0.25, -0.2) is 15.0 Å². The molecule has 0 saturated carbocycles. The van der Waals surface area contributed by atoms with E-state index in [2.05, 4.69) is 20.3 Å². The Bertz CT molecular complexity index is 1040. The summed E-state index contributed by atoms with van der Waals surface area (Å²) in [6.45, 7) is 0.471. The molecule has 128 valence electrons. The molecule has 0 unspecified atom stereocenters. The lowest BCUT2D eigenvalue weighted by molar-refractivity contribution is 0.0953. The van der Waals surface area contributed by atoms with Gasteiger partial charge in [0, 0.05) is 43.3 Å². The fourth-order valence-electron chi connectivity index (χ4n) is 2.73. The van der Waals surface area contributed by atoms with Gasteiger partial charge in [0.2, 0.25) is 0 Å². The van der Waals surface area contributed by atoms with Crippen molar-refractivity contribution in [2.24, 2.45) is 0 Å². The Balaban J connectivity index is 1.39. The predicted octanol–water partition coefficient (Wildman–Crippen LogP) is 2.76. The van der Waals surface area contributed by atoms with Gasteiger partial charge in [0.25, 0.3) is 5.91 Å². The molecule has 0 atom stereocenters. The number of hydrogen-bond donors (Lipinski definition) is 1. The van der Waals surface area contributed by atoms with Crippen molar-refractivity contribution >= 4 is 11.6 Å².